The SMILES string of the molecule is COC(=O)[C@H]([NH3+])CCCCNC(=O)OCc1ccccc1. The third-order valence-electron chi connectivity index (χ3n) is 3.00. The topological polar surface area (TPSA) is 92.3 Å². The molecule has 21 heavy (non-hydrogen) atoms. The molecule has 0 saturated heterocycles. The number of carbonyl (C=O) groups is 2. The lowest BCUT2D eigenvalue weighted by Gasteiger charge is -2.08. The van der Waals surface area contributed by atoms with E-state index in [4.69, 9.17) is 4.74 Å². The van der Waals surface area contributed by atoms with Crippen molar-refractivity contribution in [3.8, 4) is 0 Å². The molecule has 0 aliphatic rings. The molecule has 0 radical (unpaired) electrons. The highest BCUT2D eigenvalue weighted by Gasteiger charge is 2.16. The van der Waals surface area contributed by atoms with Crippen molar-refractivity contribution in [2.75, 3.05) is 13.7 Å². The Kier molecular flexibility index (Phi) is 7.89. The number of benzene rings is 1. The number of esters is 1. The zero-order valence-electron chi connectivity index (χ0n) is 12.3. The number of nitrogens with one attached hydrogen (secondary N) is 1. The van der Waals surface area contributed by atoms with Gasteiger partial charge >= 0.3 is 12.1 Å². The van der Waals surface area contributed by atoms with Crippen LogP contribution < -0.4 is 11.1 Å². The monoisotopic (exact) mass is 295 g/mol. The number of ether oxygens (including phenoxy) is 2. The molecule has 1 atom stereocenters. The van der Waals surface area contributed by atoms with E-state index >= 15 is 0 Å². The van der Waals surface area contributed by atoms with Crippen LogP contribution >= 0.6 is 0 Å². The Hall–Kier alpha value is -2.08. The maximum Gasteiger partial charge on any atom is 0.407 e. The van der Waals surface area contributed by atoms with Gasteiger partial charge in [0.05, 0.1) is 7.11 Å². The summed E-state index contributed by atoms with van der Waals surface area (Å²) < 4.78 is 9.66. The van der Waals surface area contributed by atoms with Crippen molar-refractivity contribution in [1.82, 2.24) is 5.32 Å². The van der Waals surface area contributed by atoms with Crippen LogP contribution in [0.25, 0.3) is 0 Å². The molecule has 1 aromatic carbocycles. The molecular weight excluding hydrogens is 272 g/mol. The number of methoxy groups -OCH3 is 1. The number of hydrogen-bond donors (Lipinski definition) is 2. The van der Waals surface area contributed by atoms with Gasteiger partial charge in [-0.3, -0.25) is 0 Å². The summed E-state index contributed by atoms with van der Waals surface area (Å²) in [4.78, 5) is 22.6. The standard InChI is InChI=1S/C15H22N2O4/c1-20-14(18)13(16)9-5-6-10-17-15(19)21-11-12-7-3-2-4-8-12/h2-4,7-8,13H,5-6,9-11,16H2,1H3,(H,17,19)/p+1/t13-/m1/s1. The summed E-state index contributed by atoms with van der Waals surface area (Å²) in [5.74, 6) is -0.301. The molecule has 1 rings (SSSR count). The van der Waals surface area contributed by atoms with Crippen LogP contribution in [0.3, 0.4) is 0 Å². The predicted molar refractivity (Wildman–Crippen MR) is 77.2 cm³/mol. The van der Waals surface area contributed by atoms with Crippen molar-refractivity contribution in [3.63, 3.8) is 0 Å². The molecule has 0 bridgehead atoms. The van der Waals surface area contributed by atoms with Gasteiger partial charge in [-0.1, -0.05) is 30.3 Å². The fraction of sp³-hybridized carbons (Fsp3) is 0.467. The van der Waals surface area contributed by atoms with Gasteiger partial charge in [-0.15, -0.1) is 0 Å². The number of amides is 1. The molecule has 0 unspecified atom stereocenters. The number of hydrogen-bond acceptors (Lipinski definition) is 4. The van der Waals surface area contributed by atoms with Crippen LogP contribution in [0.4, 0.5) is 4.79 Å². The quantitative estimate of drug-likeness (QED) is 0.550. The second kappa shape index (κ2) is 9.77. The first kappa shape index (κ1) is 17.0. The van der Waals surface area contributed by atoms with Gasteiger partial charge in [-0.05, 0) is 18.4 Å². The van der Waals surface area contributed by atoms with Crippen LogP contribution in [-0.4, -0.2) is 31.8 Å². The van der Waals surface area contributed by atoms with E-state index in [2.05, 4.69) is 15.8 Å². The fourth-order valence-electron chi connectivity index (χ4n) is 1.76. The van der Waals surface area contributed by atoms with Gasteiger partial charge in [-0.25, -0.2) is 9.59 Å². The van der Waals surface area contributed by atoms with E-state index in [1.807, 2.05) is 30.3 Å². The molecule has 0 aliphatic carbocycles. The van der Waals surface area contributed by atoms with E-state index < -0.39 is 6.09 Å². The molecule has 0 aliphatic heterocycles. The maximum atomic E-state index is 11.4. The highest BCUT2D eigenvalue weighted by Crippen LogP contribution is 2.01. The summed E-state index contributed by atoms with van der Waals surface area (Å²) in [7, 11) is 1.35. The van der Waals surface area contributed by atoms with Crippen LogP contribution in [0.1, 0.15) is 24.8 Å². The zero-order valence-corrected chi connectivity index (χ0v) is 12.3. The van der Waals surface area contributed by atoms with Gasteiger partial charge in [0, 0.05) is 13.0 Å². The van der Waals surface area contributed by atoms with Gasteiger partial charge in [0.25, 0.3) is 0 Å². The minimum Gasteiger partial charge on any atom is -0.465 e. The number of alkyl carbamates (subject to hydrolysis) is 1. The van der Waals surface area contributed by atoms with Crippen molar-refractivity contribution < 1.29 is 24.8 Å². The van der Waals surface area contributed by atoms with E-state index in [9.17, 15) is 9.59 Å². The van der Waals surface area contributed by atoms with Gasteiger partial charge < -0.3 is 20.5 Å². The third kappa shape index (κ3) is 7.31. The van der Waals surface area contributed by atoms with E-state index in [0.29, 0.717) is 13.0 Å². The lowest BCUT2D eigenvalue weighted by Crippen LogP contribution is -2.65. The van der Waals surface area contributed by atoms with Gasteiger partial charge in [0.15, 0.2) is 6.04 Å². The second-order valence-electron chi connectivity index (χ2n) is 4.70. The van der Waals surface area contributed by atoms with E-state index in [-0.39, 0.29) is 18.6 Å². The number of unbranched alkanes of at least 4 members (excludes halogenated alkanes) is 1. The van der Waals surface area contributed by atoms with Crippen molar-refractivity contribution in [3.05, 3.63) is 35.9 Å². The van der Waals surface area contributed by atoms with Crippen molar-refractivity contribution >= 4 is 12.1 Å². The van der Waals surface area contributed by atoms with Crippen LogP contribution in [0.15, 0.2) is 30.3 Å². The summed E-state index contributed by atoms with van der Waals surface area (Å²) in [6.07, 6.45) is 1.78. The fourth-order valence-corrected chi connectivity index (χ4v) is 1.76. The van der Waals surface area contributed by atoms with Gasteiger partial charge in [0.2, 0.25) is 0 Å². The number of carbonyl (C=O) groups excluding carboxylic acids is 2. The normalized spacial score (nSPS) is 11.5. The molecule has 6 heteroatoms. The molecule has 1 amide bonds. The smallest absolute Gasteiger partial charge is 0.407 e. The zero-order chi connectivity index (χ0) is 15.5. The third-order valence-corrected chi connectivity index (χ3v) is 3.00. The Labute approximate surface area is 124 Å². The van der Waals surface area contributed by atoms with E-state index in [0.717, 1.165) is 18.4 Å². The summed E-state index contributed by atoms with van der Waals surface area (Å²) in [6, 6.07) is 9.15. The van der Waals surface area contributed by atoms with Crippen LogP contribution in [0.5, 0.6) is 0 Å². The van der Waals surface area contributed by atoms with Crippen molar-refractivity contribution in [1.29, 1.82) is 0 Å². The largest absolute Gasteiger partial charge is 0.465 e. The Bertz CT molecular complexity index is 437. The predicted octanol–water partition coefficient (Wildman–Crippen LogP) is 0.867. The summed E-state index contributed by atoms with van der Waals surface area (Å²) in [6.45, 7) is 0.775. The molecule has 0 fully saturated rings. The summed E-state index contributed by atoms with van der Waals surface area (Å²) >= 11 is 0. The Morgan fingerprint density at radius 2 is 1.95 bits per heavy atom. The highest BCUT2D eigenvalue weighted by atomic mass is 16.5. The minimum absolute atomic E-state index is 0.260. The van der Waals surface area contributed by atoms with Crippen LogP contribution in [0.2, 0.25) is 0 Å². The molecule has 4 N–H and O–H groups in total. The molecular formula is C15H23N2O4+. The Morgan fingerprint density at radius 1 is 1.24 bits per heavy atom. The highest BCUT2D eigenvalue weighted by molar-refractivity contribution is 5.73. The average Bonchev–Trinajstić information content (AvgIpc) is 2.52. The average molecular weight is 295 g/mol. The maximum absolute atomic E-state index is 11.4. The first-order chi connectivity index (χ1) is 10.1. The first-order valence-electron chi connectivity index (χ1n) is 6.99. The lowest BCUT2D eigenvalue weighted by atomic mass is 10.1. The molecule has 0 heterocycles. The Balaban J connectivity index is 2.05. The number of rotatable bonds is 8. The minimum atomic E-state index is -0.432. The molecule has 0 saturated carbocycles. The molecule has 0 spiro atoms. The number of quaternary nitrogens is 1. The van der Waals surface area contributed by atoms with Gasteiger partial charge in [-0.2, -0.15) is 0 Å². The first-order valence-corrected chi connectivity index (χ1v) is 6.99. The lowest BCUT2D eigenvalue weighted by molar-refractivity contribution is -0.409. The van der Waals surface area contributed by atoms with Crippen molar-refractivity contribution in [2.24, 2.45) is 0 Å². The molecule has 1 aromatic rings. The summed E-state index contributed by atoms with van der Waals surface area (Å²) in [5, 5.41) is 2.67. The van der Waals surface area contributed by atoms with Crippen LogP contribution in [0, 0.1) is 0 Å². The van der Waals surface area contributed by atoms with E-state index in [1.54, 1.807) is 0 Å². The molecule has 116 valence electrons. The van der Waals surface area contributed by atoms with E-state index in [1.165, 1.54) is 7.11 Å². The molecule has 0 aromatic heterocycles. The summed E-state index contributed by atoms with van der Waals surface area (Å²) in [5.41, 5.74) is 4.67. The van der Waals surface area contributed by atoms with Crippen molar-refractivity contribution in [2.45, 2.75) is 31.9 Å². The Morgan fingerprint density at radius 3 is 2.62 bits per heavy atom. The molecule has 6 nitrogen and oxygen atoms in total. The van der Waals surface area contributed by atoms with Gasteiger partial charge in [0.1, 0.15) is 6.61 Å². The van der Waals surface area contributed by atoms with Crippen LogP contribution in [-0.2, 0) is 20.9 Å². The second-order valence-corrected chi connectivity index (χ2v) is 4.70.